The number of nitrogens with zero attached hydrogens (tertiary/aromatic N) is 1. The third kappa shape index (κ3) is 4.20. The Morgan fingerprint density at radius 3 is 2.52 bits per heavy atom. The number of benzene rings is 2. The van der Waals surface area contributed by atoms with Crippen molar-refractivity contribution in [2.75, 3.05) is 5.32 Å². The monoisotopic (exact) mass is 422 g/mol. The summed E-state index contributed by atoms with van der Waals surface area (Å²) in [5.74, 6) is -4.15. The summed E-state index contributed by atoms with van der Waals surface area (Å²) in [5, 5.41) is 3.14. The summed E-state index contributed by atoms with van der Waals surface area (Å²) in [6.45, 7) is 0. The molecule has 0 spiro atoms. The number of primary amides is 1. The van der Waals surface area contributed by atoms with E-state index < -0.39 is 29.4 Å². The zero-order chi connectivity index (χ0) is 22.0. The molecule has 2 aromatic carbocycles. The predicted octanol–water partition coefficient (Wildman–Crippen LogP) is 3.84. The minimum Gasteiger partial charge on any atom is -0.453 e. The molecule has 4 N–H and O–H groups in total. The molecule has 31 heavy (non-hydrogen) atoms. The van der Waals surface area contributed by atoms with Gasteiger partial charge in [-0.1, -0.05) is 6.07 Å². The van der Waals surface area contributed by atoms with Crippen LogP contribution in [0.2, 0.25) is 0 Å². The molecule has 2 amide bonds. The van der Waals surface area contributed by atoms with Gasteiger partial charge >= 0.3 is 0 Å². The molecule has 0 bridgehead atoms. The quantitative estimate of drug-likeness (QED) is 0.410. The van der Waals surface area contributed by atoms with Gasteiger partial charge in [-0.25, -0.2) is 13.8 Å². The van der Waals surface area contributed by atoms with Crippen LogP contribution in [0, 0.1) is 11.6 Å². The molecule has 4 aromatic rings. The van der Waals surface area contributed by atoms with Crippen molar-refractivity contribution in [1.29, 1.82) is 0 Å². The van der Waals surface area contributed by atoms with Crippen molar-refractivity contribution >= 4 is 28.5 Å². The van der Waals surface area contributed by atoms with Crippen LogP contribution in [-0.2, 0) is 9.59 Å². The van der Waals surface area contributed by atoms with Crippen LogP contribution in [0.3, 0.4) is 0 Å². The van der Waals surface area contributed by atoms with Gasteiger partial charge in [-0.2, -0.15) is 0 Å². The van der Waals surface area contributed by atoms with E-state index in [4.69, 9.17) is 10.5 Å². The highest BCUT2D eigenvalue weighted by molar-refractivity contribution is 6.10. The number of rotatable bonds is 6. The number of hydrogen-bond acceptors (Lipinski definition) is 4. The first kappa shape index (κ1) is 20.0. The standard InChI is InChI=1S/C22H16F2N4O3/c23-13-2-4-14(5-3-13)28-22(30)19(20(25)29)12-1-6-18(16(24)11-12)31-17-8-10-27-21-15(17)7-9-26-21/h1-11,19H,(H2,25,29)(H,26,27)(H,28,30). The average Bonchev–Trinajstić information content (AvgIpc) is 3.21. The number of nitrogens with one attached hydrogen (secondary N) is 2. The van der Waals surface area contributed by atoms with Gasteiger partial charge in [0, 0.05) is 18.1 Å². The van der Waals surface area contributed by atoms with Gasteiger partial charge < -0.3 is 20.8 Å². The van der Waals surface area contributed by atoms with Gasteiger partial charge in [0.15, 0.2) is 11.6 Å². The fourth-order valence-electron chi connectivity index (χ4n) is 3.11. The molecular formula is C22H16F2N4O3. The molecule has 2 aromatic heterocycles. The number of aromatic amines is 1. The van der Waals surface area contributed by atoms with Gasteiger partial charge in [-0.15, -0.1) is 0 Å². The zero-order valence-corrected chi connectivity index (χ0v) is 15.9. The topological polar surface area (TPSA) is 110 Å². The van der Waals surface area contributed by atoms with E-state index in [0.29, 0.717) is 16.8 Å². The first-order valence-electron chi connectivity index (χ1n) is 9.17. The molecule has 0 saturated heterocycles. The molecule has 4 rings (SSSR count). The highest BCUT2D eigenvalue weighted by Gasteiger charge is 2.28. The maximum atomic E-state index is 14.7. The minimum atomic E-state index is -1.45. The van der Waals surface area contributed by atoms with Crippen LogP contribution >= 0.6 is 0 Å². The smallest absolute Gasteiger partial charge is 0.241 e. The molecule has 0 saturated carbocycles. The number of carbonyl (C=O) groups is 2. The van der Waals surface area contributed by atoms with Gasteiger partial charge in [-0.05, 0) is 54.1 Å². The van der Waals surface area contributed by atoms with Crippen LogP contribution in [0.5, 0.6) is 11.5 Å². The maximum absolute atomic E-state index is 14.7. The molecule has 0 aliphatic heterocycles. The van der Waals surface area contributed by atoms with Gasteiger partial charge in [0.1, 0.15) is 23.1 Å². The summed E-state index contributed by atoms with van der Waals surface area (Å²) >= 11 is 0. The van der Waals surface area contributed by atoms with E-state index in [1.54, 1.807) is 18.3 Å². The van der Waals surface area contributed by atoms with E-state index in [9.17, 15) is 18.4 Å². The summed E-state index contributed by atoms with van der Waals surface area (Å²) in [6.07, 6.45) is 3.20. The number of ether oxygens (including phenoxy) is 1. The zero-order valence-electron chi connectivity index (χ0n) is 15.9. The summed E-state index contributed by atoms with van der Waals surface area (Å²) in [5.41, 5.74) is 6.29. The van der Waals surface area contributed by atoms with E-state index in [-0.39, 0.29) is 17.0 Å². The summed E-state index contributed by atoms with van der Waals surface area (Å²) in [7, 11) is 0. The highest BCUT2D eigenvalue weighted by Crippen LogP contribution is 2.31. The van der Waals surface area contributed by atoms with Gasteiger partial charge in [0.25, 0.3) is 0 Å². The molecule has 1 unspecified atom stereocenters. The lowest BCUT2D eigenvalue weighted by Crippen LogP contribution is -2.32. The van der Waals surface area contributed by atoms with Crippen LogP contribution in [0.4, 0.5) is 14.5 Å². The molecule has 0 radical (unpaired) electrons. The molecule has 0 aliphatic carbocycles. The van der Waals surface area contributed by atoms with E-state index in [2.05, 4.69) is 15.3 Å². The van der Waals surface area contributed by atoms with Crippen LogP contribution in [0.25, 0.3) is 11.0 Å². The number of hydrogen-bond donors (Lipinski definition) is 3. The largest absolute Gasteiger partial charge is 0.453 e. The lowest BCUT2D eigenvalue weighted by molar-refractivity contribution is -0.127. The number of H-pyrrole nitrogens is 1. The Bertz CT molecular complexity index is 1270. The Kier molecular flexibility index (Phi) is 5.31. The predicted molar refractivity (Wildman–Crippen MR) is 110 cm³/mol. The highest BCUT2D eigenvalue weighted by atomic mass is 19.1. The fraction of sp³-hybridized carbons (Fsp3) is 0.0455. The number of carbonyl (C=O) groups excluding carboxylic acids is 2. The van der Waals surface area contributed by atoms with Crippen molar-refractivity contribution in [2.45, 2.75) is 5.92 Å². The number of pyridine rings is 1. The van der Waals surface area contributed by atoms with Crippen molar-refractivity contribution in [3.05, 3.63) is 84.2 Å². The van der Waals surface area contributed by atoms with Crippen LogP contribution < -0.4 is 15.8 Å². The number of fused-ring (bicyclic) bond motifs is 1. The molecule has 1 atom stereocenters. The second kappa shape index (κ2) is 8.23. The maximum Gasteiger partial charge on any atom is 0.241 e. The first-order valence-corrected chi connectivity index (χ1v) is 9.17. The number of anilines is 1. The van der Waals surface area contributed by atoms with E-state index in [1.165, 1.54) is 30.5 Å². The number of nitrogens with two attached hydrogens (primary N) is 1. The van der Waals surface area contributed by atoms with Crippen molar-refractivity contribution < 1.29 is 23.1 Å². The minimum absolute atomic E-state index is 0.0541. The van der Waals surface area contributed by atoms with Crippen molar-refractivity contribution in [2.24, 2.45) is 5.73 Å². The van der Waals surface area contributed by atoms with Gasteiger partial charge in [0.05, 0.1) is 5.39 Å². The Morgan fingerprint density at radius 2 is 1.81 bits per heavy atom. The van der Waals surface area contributed by atoms with E-state index in [1.807, 2.05) is 0 Å². The first-order chi connectivity index (χ1) is 14.9. The summed E-state index contributed by atoms with van der Waals surface area (Å²) in [4.78, 5) is 31.6. The molecule has 2 heterocycles. The van der Waals surface area contributed by atoms with Crippen LogP contribution in [0.1, 0.15) is 11.5 Å². The van der Waals surface area contributed by atoms with Gasteiger partial charge in [-0.3, -0.25) is 9.59 Å². The normalized spacial score (nSPS) is 11.8. The Balaban J connectivity index is 1.58. The third-order valence-corrected chi connectivity index (χ3v) is 4.59. The van der Waals surface area contributed by atoms with Crippen molar-refractivity contribution in [3.8, 4) is 11.5 Å². The molecular weight excluding hydrogens is 406 g/mol. The van der Waals surface area contributed by atoms with E-state index >= 15 is 0 Å². The lowest BCUT2D eigenvalue weighted by Gasteiger charge is -2.15. The summed E-state index contributed by atoms with van der Waals surface area (Å²) in [6, 6.07) is 12.0. The van der Waals surface area contributed by atoms with Crippen molar-refractivity contribution in [3.63, 3.8) is 0 Å². The van der Waals surface area contributed by atoms with Crippen molar-refractivity contribution in [1.82, 2.24) is 9.97 Å². The fourth-order valence-corrected chi connectivity index (χ4v) is 3.11. The Hall–Kier alpha value is -4.27. The second-order valence-corrected chi connectivity index (χ2v) is 6.67. The summed E-state index contributed by atoms with van der Waals surface area (Å²) < 4.78 is 33.4. The number of halogens is 2. The lowest BCUT2D eigenvalue weighted by atomic mass is 9.97. The Labute approximate surface area is 174 Å². The SMILES string of the molecule is NC(=O)C(C(=O)Nc1ccc(F)cc1)c1ccc(Oc2ccnc3[nH]ccc23)c(F)c1. The van der Waals surface area contributed by atoms with Gasteiger partial charge in [0.2, 0.25) is 11.8 Å². The second-order valence-electron chi connectivity index (χ2n) is 6.67. The molecule has 0 fully saturated rings. The van der Waals surface area contributed by atoms with Crippen LogP contribution in [0.15, 0.2) is 67.0 Å². The van der Waals surface area contributed by atoms with Crippen LogP contribution in [-0.4, -0.2) is 21.8 Å². The third-order valence-electron chi connectivity index (χ3n) is 4.59. The molecule has 9 heteroatoms. The van der Waals surface area contributed by atoms with E-state index in [0.717, 1.165) is 18.2 Å². The number of amides is 2. The molecule has 0 aliphatic rings. The Morgan fingerprint density at radius 1 is 1.03 bits per heavy atom. The number of aromatic nitrogens is 2. The average molecular weight is 422 g/mol. The molecule has 156 valence electrons. The molecule has 7 nitrogen and oxygen atoms in total.